The van der Waals surface area contributed by atoms with Crippen LogP contribution in [-0.2, 0) is 14.8 Å². The van der Waals surface area contributed by atoms with Crippen LogP contribution in [0, 0.1) is 0 Å². The molecule has 0 fully saturated rings. The largest absolute Gasteiger partial charge is 0.389 e. The summed E-state index contributed by atoms with van der Waals surface area (Å²) in [6, 6.07) is 4.24. The Kier molecular flexibility index (Phi) is 6.15. The summed E-state index contributed by atoms with van der Waals surface area (Å²) in [6.45, 7) is 0.786. The Hall–Kier alpha value is -0.730. The van der Waals surface area contributed by atoms with E-state index in [0.29, 0.717) is 25.1 Å². The normalized spacial score (nSPS) is 11.5. The Morgan fingerprint density at radius 2 is 2.21 bits per heavy atom. The molecule has 0 aliphatic carbocycles. The smallest absolute Gasteiger partial charge is 0.240 e. The average Bonchev–Trinajstić information content (AvgIpc) is 2.34. The second-order valence-electron chi connectivity index (χ2n) is 3.75. The van der Waals surface area contributed by atoms with Gasteiger partial charge >= 0.3 is 0 Å². The maximum absolute atomic E-state index is 12.0. The second-order valence-corrected chi connectivity index (χ2v) is 6.36. The summed E-state index contributed by atoms with van der Waals surface area (Å²) >= 11 is 10.7. The first-order chi connectivity index (χ1) is 8.88. The number of sulfonamides is 1. The van der Waals surface area contributed by atoms with E-state index in [4.69, 9.17) is 34.3 Å². The monoisotopic (exact) mass is 322 g/mol. The topological polar surface area (TPSA) is 81.4 Å². The molecule has 3 N–H and O–H groups in total. The zero-order valence-electron chi connectivity index (χ0n) is 10.3. The molecule has 5 nitrogen and oxygen atoms in total. The fourth-order valence-corrected chi connectivity index (χ4v) is 3.05. The lowest BCUT2D eigenvalue weighted by Gasteiger charge is -2.08. The Balaban J connectivity index is 2.84. The van der Waals surface area contributed by atoms with Crippen molar-refractivity contribution in [2.45, 2.75) is 11.3 Å². The first-order valence-corrected chi connectivity index (χ1v) is 7.73. The maximum Gasteiger partial charge on any atom is 0.240 e. The summed E-state index contributed by atoms with van der Waals surface area (Å²) in [5, 5.41) is 0.215. The Bertz CT molecular complexity index is 561. The van der Waals surface area contributed by atoms with Gasteiger partial charge in [-0.05, 0) is 24.6 Å². The van der Waals surface area contributed by atoms with Crippen molar-refractivity contribution in [2.24, 2.45) is 5.73 Å². The third-order valence-electron chi connectivity index (χ3n) is 2.33. The molecular formula is C11H15ClN2O3S2. The minimum absolute atomic E-state index is 0.0786. The molecule has 1 rings (SSSR count). The van der Waals surface area contributed by atoms with Crippen LogP contribution in [0.1, 0.15) is 12.0 Å². The standard InChI is InChI=1S/C11H15ClN2O3S2/c1-17-6-2-5-14-19(15,16)8-3-4-9(11(13)18)10(12)7-8/h3-4,7,14H,2,5-6H2,1H3,(H2,13,18). The van der Waals surface area contributed by atoms with Gasteiger partial charge in [0.1, 0.15) is 4.99 Å². The number of thiocarbonyl (C=S) groups is 1. The molecule has 0 spiro atoms. The Morgan fingerprint density at radius 3 is 2.74 bits per heavy atom. The van der Waals surface area contributed by atoms with Crippen LogP contribution in [0.4, 0.5) is 0 Å². The van der Waals surface area contributed by atoms with Gasteiger partial charge in [0.15, 0.2) is 0 Å². The van der Waals surface area contributed by atoms with Crippen LogP contribution >= 0.6 is 23.8 Å². The van der Waals surface area contributed by atoms with E-state index in [2.05, 4.69) is 4.72 Å². The molecule has 106 valence electrons. The summed E-state index contributed by atoms with van der Waals surface area (Å²) in [7, 11) is -2.02. The molecule has 1 aromatic rings. The number of nitrogens with two attached hydrogens (primary N) is 1. The van der Waals surface area contributed by atoms with Crippen molar-refractivity contribution in [2.75, 3.05) is 20.3 Å². The summed E-state index contributed by atoms with van der Waals surface area (Å²) in [5.74, 6) is 0. The van der Waals surface area contributed by atoms with Crippen molar-refractivity contribution in [3.63, 3.8) is 0 Å². The number of hydrogen-bond acceptors (Lipinski definition) is 4. The number of nitrogens with one attached hydrogen (secondary N) is 1. The van der Waals surface area contributed by atoms with Crippen molar-refractivity contribution in [3.8, 4) is 0 Å². The van der Waals surface area contributed by atoms with Crippen molar-refractivity contribution >= 4 is 38.8 Å². The van der Waals surface area contributed by atoms with E-state index in [-0.39, 0.29) is 14.9 Å². The predicted octanol–water partition coefficient (Wildman–Crippen LogP) is 1.29. The lowest BCUT2D eigenvalue weighted by Crippen LogP contribution is -2.25. The first-order valence-electron chi connectivity index (χ1n) is 5.46. The van der Waals surface area contributed by atoms with Gasteiger partial charge in [-0.25, -0.2) is 13.1 Å². The van der Waals surface area contributed by atoms with Crippen LogP contribution in [0.25, 0.3) is 0 Å². The van der Waals surface area contributed by atoms with Gasteiger partial charge in [-0.3, -0.25) is 0 Å². The van der Waals surface area contributed by atoms with E-state index >= 15 is 0 Å². The van der Waals surface area contributed by atoms with Gasteiger partial charge in [0.25, 0.3) is 0 Å². The maximum atomic E-state index is 12.0. The van der Waals surface area contributed by atoms with Gasteiger partial charge in [0, 0.05) is 25.8 Å². The van der Waals surface area contributed by atoms with E-state index in [0.717, 1.165) is 0 Å². The summed E-state index contributed by atoms with van der Waals surface area (Å²) in [4.78, 5) is 0.205. The van der Waals surface area contributed by atoms with Gasteiger partial charge in [-0.2, -0.15) is 0 Å². The number of rotatable bonds is 7. The highest BCUT2D eigenvalue weighted by Crippen LogP contribution is 2.20. The summed E-state index contributed by atoms with van der Waals surface area (Å²) in [6.07, 6.45) is 0.592. The minimum Gasteiger partial charge on any atom is -0.389 e. The molecule has 8 heteroatoms. The zero-order chi connectivity index (χ0) is 14.5. The van der Waals surface area contributed by atoms with Crippen LogP contribution < -0.4 is 10.5 Å². The number of methoxy groups -OCH3 is 1. The van der Waals surface area contributed by atoms with Crippen LogP contribution in [0.2, 0.25) is 5.02 Å². The number of ether oxygens (including phenoxy) is 1. The lowest BCUT2D eigenvalue weighted by molar-refractivity contribution is 0.196. The molecule has 0 amide bonds. The molecule has 0 radical (unpaired) electrons. The van der Waals surface area contributed by atoms with Crippen molar-refractivity contribution in [3.05, 3.63) is 28.8 Å². The van der Waals surface area contributed by atoms with E-state index in [1.165, 1.54) is 18.2 Å². The molecule has 1 aromatic carbocycles. The molecular weight excluding hydrogens is 308 g/mol. The molecule has 0 saturated heterocycles. The molecule has 0 heterocycles. The van der Waals surface area contributed by atoms with E-state index in [1.807, 2.05) is 0 Å². The van der Waals surface area contributed by atoms with Crippen molar-refractivity contribution in [1.82, 2.24) is 4.72 Å². The Labute approximate surface area is 123 Å². The van der Waals surface area contributed by atoms with Crippen molar-refractivity contribution < 1.29 is 13.2 Å². The van der Waals surface area contributed by atoms with E-state index in [1.54, 1.807) is 7.11 Å². The first kappa shape index (κ1) is 16.3. The quantitative estimate of drug-likeness (QED) is 0.584. The molecule has 0 aliphatic rings. The second kappa shape index (κ2) is 7.16. The molecule has 0 unspecified atom stereocenters. The highest BCUT2D eigenvalue weighted by Gasteiger charge is 2.15. The van der Waals surface area contributed by atoms with Gasteiger partial charge in [0.05, 0.1) is 9.92 Å². The lowest BCUT2D eigenvalue weighted by atomic mass is 10.2. The molecule has 19 heavy (non-hydrogen) atoms. The SMILES string of the molecule is COCCCNS(=O)(=O)c1ccc(C(N)=S)c(Cl)c1. The fourth-order valence-electron chi connectivity index (χ4n) is 1.37. The van der Waals surface area contributed by atoms with Gasteiger partial charge in [0.2, 0.25) is 10.0 Å². The third kappa shape index (κ3) is 4.70. The van der Waals surface area contributed by atoms with Gasteiger partial charge in [-0.15, -0.1) is 0 Å². The number of halogens is 1. The van der Waals surface area contributed by atoms with E-state index in [9.17, 15) is 8.42 Å². The van der Waals surface area contributed by atoms with Crippen molar-refractivity contribution in [1.29, 1.82) is 0 Å². The van der Waals surface area contributed by atoms with Gasteiger partial charge in [-0.1, -0.05) is 23.8 Å². The van der Waals surface area contributed by atoms with Crippen LogP contribution in [0.5, 0.6) is 0 Å². The average molecular weight is 323 g/mol. The molecule has 0 saturated carbocycles. The van der Waals surface area contributed by atoms with Crippen LogP contribution in [0.15, 0.2) is 23.1 Å². The van der Waals surface area contributed by atoms with Gasteiger partial charge < -0.3 is 10.5 Å². The third-order valence-corrected chi connectivity index (χ3v) is 4.32. The molecule has 0 bridgehead atoms. The highest BCUT2D eigenvalue weighted by atomic mass is 35.5. The van der Waals surface area contributed by atoms with E-state index < -0.39 is 10.0 Å². The molecule has 0 aromatic heterocycles. The van der Waals surface area contributed by atoms with Crippen LogP contribution in [0.3, 0.4) is 0 Å². The number of hydrogen-bond donors (Lipinski definition) is 2. The molecule has 0 atom stereocenters. The summed E-state index contributed by atoms with van der Waals surface area (Å²) < 4.78 is 31.2. The minimum atomic E-state index is -3.58. The fraction of sp³-hybridized carbons (Fsp3) is 0.364. The predicted molar refractivity (Wildman–Crippen MR) is 79.0 cm³/mol. The molecule has 0 aliphatic heterocycles. The highest BCUT2D eigenvalue weighted by molar-refractivity contribution is 7.89. The summed E-state index contributed by atoms with van der Waals surface area (Å²) in [5.41, 5.74) is 5.91. The zero-order valence-corrected chi connectivity index (χ0v) is 12.7. The van der Waals surface area contributed by atoms with Crippen LogP contribution in [-0.4, -0.2) is 33.7 Å². The number of benzene rings is 1. The Morgan fingerprint density at radius 1 is 1.53 bits per heavy atom.